The highest BCUT2D eigenvalue weighted by Gasteiger charge is 2.24. The molecule has 1 fully saturated rings. The van der Waals surface area contributed by atoms with Crippen LogP contribution < -0.4 is 10.2 Å². The minimum Gasteiger partial charge on any atom is -0.480 e. The fraction of sp³-hybridized carbons (Fsp3) is 0.421. The van der Waals surface area contributed by atoms with Gasteiger partial charge in [-0.3, -0.25) is 4.79 Å². The molecule has 1 unspecified atom stereocenters. The van der Waals surface area contributed by atoms with Gasteiger partial charge in [0.05, 0.1) is 0 Å². The molecule has 7 nitrogen and oxygen atoms in total. The van der Waals surface area contributed by atoms with Crippen LogP contribution in [0.15, 0.2) is 36.0 Å². The van der Waals surface area contributed by atoms with Gasteiger partial charge in [-0.05, 0) is 42.7 Å². The number of benzene rings is 1. The first kappa shape index (κ1) is 21.6. The Morgan fingerprint density at radius 3 is 2.50 bits per heavy atom. The van der Waals surface area contributed by atoms with Gasteiger partial charge in [0.15, 0.2) is 0 Å². The zero-order chi connectivity index (χ0) is 20.5. The van der Waals surface area contributed by atoms with Crippen molar-refractivity contribution in [2.75, 3.05) is 43.1 Å². The predicted molar refractivity (Wildman–Crippen MR) is 106 cm³/mol. The van der Waals surface area contributed by atoms with Gasteiger partial charge in [-0.2, -0.15) is 17.0 Å². The Bertz CT molecular complexity index is 755. The molecule has 0 spiro atoms. The second-order valence-corrected chi connectivity index (χ2v) is 7.25. The number of nitriles is 1. The van der Waals surface area contributed by atoms with Crippen LogP contribution >= 0.6 is 11.8 Å². The quantitative estimate of drug-likeness (QED) is 0.501. The molecule has 1 saturated heterocycles. The lowest BCUT2D eigenvalue weighted by atomic mass is 10.2. The standard InChI is InChI=1S/C19H23FN4O3S/c1-28-11-6-17(19(26)27)22-13-14(12-21)18(25)24-9-7-23(8-10-24)16-4-2-15(20)3-5-16/h2-5,13,17,22H,6-11H2,1H3,(H,26,27)/b14-13-. The topological polar surface area (TPSA) is 96.7 Å². The first-order chi connectivity index (χ1) is 13.5. The van der Waals surface area contributed by atoms with Crippen molar-refractivity contribution in [3.8, 4) is 6.07 Å². The highest BCUT2D eigenvalue weighted by atomic mass is 32.2. The molecule has 1 amide bonds. The Hall–Kier alpha value is -2.73. The molecule has 2 N–H and O–H groups in total. The maximum absolute atomic E-state index is 13.0. The Labute approximate surface area is 167 Å². The van der Waals surface area contributed by atoms with Crippen LogP contribution in [-0.4, -0.2) is 66.1 Å². The van der Waals surface area contributed by atoms with Crippen LogP contribution in [-0.2, 0) is 9.59 Å². The molecular weight excluding hydrogens is 383 g/mol. The summed E-state index contributed by atoms with van der Waals surface area (Å²) in [7, 11) is 0. The second kappa shape index (κ2) is 10.6. The molecule has 0 aromatic heterocycles. The van der Waals surface area contributed by atoms with Gasteiger partial charge in [-0.1, -0.05) is 0 Å². The van der Waals surface area contributed by atoms with E-state index in [1.165, 1.54) is 30.1 Å². The number of halogens is 1. The zero-order valence-electron chi connectivity index (χ0n) is 15.6. The van der Waals surface area contributed by atoms with E-state index in [0.717, 1.165) is 5.69 Å². The minimum atomic E-state index is -1.03. The molecule has 0 bridgehead atoms. The third kappa shape index (κ3) is 5.89. The predicted octanol–water partition coefficient (Wildman–Crippen LogP) is 1.68. The number of carbonyl (C=O) groups is 2. The van der Waals surface area contributed by atoms with Gasteiger partial charge >= 0.3 is 5.97 Å². The number of nitrogens with zero attached hydrogens (tertiary/aromatic N) is 3. The van der Waals surface area contributed by atoms with Crippen molar-refractivity contribution >= 4 is 29.3 Å². The second-order valence-electron chi connectivity index (χ2n) is 6.26. The average molecular weight is 406 g/mol. The summed E-state index contributed by atoms with van der Waals surface area (Å²) in [4.78, 5) is 27.5. The number of hydrogen-bond donors (Lipinski definition) is 2. The number of rotatable bonds is 8. The maximum Gasteiger partial charge on any atom is 0.326 e. The summed E-state index contributed by atoms with van der Waals surface area (Å²) in [6, 6.07) is 7.18. The van der Waals surface area contributed by atoms with E-state index >= 15 is 0 Å². The normalized spacial score (nSPS) is 15.7. The van der Waals surface area contributed by atoms with Gasteiger partial charge < -0.3 is 20.2 Å². The Kier molecular flexibility index (Phi) is 8.14. The van der Waals surface area contributed by atoms with Crippen molar-refractivity contribution in [3.05, 3.63) is 41.9 Å². The summed E-state index contributed by atoms with van der Waals surface area (Å²) in [6.45, 7) is 1.97. The van der Waals surface area contributed by atoms with Gasteiger partial charge in [0.1, 0.15) is 23.5 Å². The summed E-state index contributed by atoms with van der Waals surface area (Å²) < 4.78 is 13.0. The van der Waals surface area contributed by atoms with E-state index in [1.807, 2.05) is 17.2 Å². The smallest absolute Gasteiger partial charge is 0.326 e. The van der Waals surface area contributed by atoms with Gasteiger partial charge in [-0.15, -0.1) is 0 Å². The van der Waals surface area contributed by atoms with Crippen molar-refractivity contribution in [3.63, 3.8) is 0 Å². The molecule has 150 valence electrons. The van der Waals surface area contributed by atoms with E-state index in [2.05, 4.69) is 5.32 Å². The van der Waals surface area contributed by atoms with E-state index in [1.54, 1.807) is 17.0 Å². The summed E-state index contributed by atoms with van der Waals surface area (Å²) in [6.07, 6.45) is 3.47. The Morgan fingerprint density at radius 2 is 1.96 bits per heavy atom. The van der Waals surface area contributed by atoms with Crippen molar-refractivity contribution in [1.29, 1.82) is 5.26 Å². The fourth-order valence-electron chi connectivity index (χ4n) is 2.83. The Balaban J connectivity index is 1.95. The number of carboxylic acid groups (broad SMARTS) is 1. The lowest BCUT2D eigenvalue weighted by Crippen LogP contribution is -2.49. The number of thioether (sulfide) groups is 1. The summed E-state index contributed by atoms with van der Waals surface area (Å²) in [5.41, 5.74) is 0.759. The molecule has 0 aliphatic carbocycles. The fourth-order valence-corrected chi connectivity index (χ4v) is 3.30. The third-order valence-electron chi connectivity index (χ3n) is 4.45. The number of nitrogens with one attached hydrogen (secondary N) is 1. The summed E-state index contributed by atoms with van der Waals surface area (Å²) in [5, 5.41) is 21.2. The first-order valence-electron chi connectivity index (χ1n) is 8.84. The van der Waals surface area contributed by atoms with Gasteiger partial charge in [-0.25, -0.2) is 9.18 Å². The Morgan fingerprint density at radius 1 is 1.32 bits per heavy atom. The molecule has 0 saturated carbocycles. The van der Waals surface area contributed by atoms with Gasteiger partial charge in [0.25, 0.3) is 5.91 Å². The van der Waals surface area contributed by atoms with Crippen LogP contribution in [0, 0.1) is 17.1 Å². The van der Waals surface area contributed by atoms with E-state index < -0.39 is 17.9 Å². The van der Waals surface area contributed by atoms with E-state index in [0.29, 0.717) is 38.4 Å². The zero-order valence-corrected chi connectivity index (χ0v) is 16.4. The molecule has 2 rings (SSSR count). The number of carboxylic acids is 1. The monoisotopic (exact) mass is 406 g/mol. The van der Waals surface area contributed by atoms with E-state index in [4.69, 9.17) is 0 Å². The maximum atomic E-state index is 13.0. The molecule has 1 aromatic carbocycles. The van der Waals surface area contributed by atoms with Crippen LogP contribution in [0.1, 0.15) is 6.42 Å². The number of amides is 1. The molecule has 1 aliphatic heterocycles. The average Bonchev–Trinajstić information content (AvgIpc) is 2.71. The SMILES string of the molecule is CSCCC(N/C=C(/C#N)C(=O)N1CCN(c2ccc(F)cc2)CC1)C(=O)O. The lowest BCUT2D eigenvalue weighted by Gasteiger charge is -2.36. The molecule has 28 heavy (non-hydrogen) atoms. The van der Waals surface area contributed by atoms with Crippen molar-refractivity contribution in [1.82, 2.24) is 10.2 Å². The van der Waals surface area contributed by atoms with Crippen LogP contribution in [0.5, 0.6) is 0 Å². The van der Waals surface area contributed by atoms with Crippen molar-refractivity contribution in [2.45, 2.75) is 12.5 Å². The van der Waals surface area contributed by atoms with Crippen molar-refractivity contribution < 1.29 is 19.1 Å². The first-order valence-corrected chi connectivity index (χ1v) is 10.2. The largest absolute Gasteiger partial charge is 0.480 e. The molecule has 9 heteroatoms. The molecule has 1 atom stereocenters. The number of aliphatic carboxylic acids is 1. The number of piperazine rings is 1. The highest BCUT2D eigenvalue weighted by molar-refractivity contribution is 7.98. The van der Waals surface area contributed by atoms with E-state index in [9.17, 15) is 24.3 Å². The van der Waals surface area contributed by atoms with Crippen LogP contribution in [0.2, 0.25) is 0 Å². The molecule has 1 heterocycles. The molecular formula is C19H23FN4O3S. The van der Waals surface area contributed by atoms with Gasteiger partial charge in [0.2, 0.25) is 0 Å². The summed E-state index contributed by atoms with van der Waals surface area (Å²) >= 11 is 1.53. The number of hydrogen-bond acceptors (Lipinski definition) is 6. The summed E-state index contributed by atoms with van der Waals surface area (Å²) in [5.74, 6) is -1.10. The molecule has 1 aliphatic rings. The third-order valence-corrected chi connectivity index (χ3v) is 5.09. The highest BCUT2D eigenvalue weighted by Crippen LogP contribution is 2.17. The van der Waals surface area contributed by atoms with Crippen LogP contribution in [0.4, 0.5) is 10.1 Å². The van der Waals surface area contributed by atoms with E-state index in [-0.39, 0.29) is 11.4 Å². The van der Waals surface area contributed by atoms with Crippen molar-refractivity contribution in [2.24, 2.45) is 0 Å². The molecule has 0 radical (unpaired) electrons. The van der Waals surface area contributed by atoms with Crippen LogP contribution in [0.25, 0.3) is 0 Å². The van der Waals surface area contributed by atoms with Gasteiger partial charge in [0, 0.05) is 38.1 Å². The number of anilines is 1. The minimum absolute atomic E-state index is 0.120. The van der Waals surface area contributed by atoms with Crippen LogP contribution in [0.3, 0.4) is 0 Å². The number of carbonyl (C=O) groups excluding carboxylic acids is 1. The molecule has 1 aromatic rings. The lowest BCUT2D eigenvalue weighted by molar-refractivity contribution is -0.139.